The van der Waals surface area contributed by atoms with E-state index in [9.17, 15) is 4.79 Å². The zero-order valence-corrected chi connectivity index (χ0v) is 17.0. The lowest BCUT2D eigenvalue weighted by Crippen LogP contribution is -2.26. The van der Waals surface area contributed by atoms with Crippen LogP contribution in [0.1, 0.15) is 21.7 Å². The predicted octanol–water partition coefficient (Wildman–Crippen LogP) is 5.14. The average Bonchev–Trinajstić information content (AvgIpc) is 3.13. The molecule has 146 valence electrons. The van der Waals surface area contributed by atoms with Crippen LogP contribution in [0.25, 0.3) is 11.0 Å². The van der Waals surface area contributed by atoms with Crippen LogP contribution in [0.2, 0.25) is 5.02 Å². The summed E-state index contributed by atoms with van der Waals surface area (Å²) in [6, 6.07) is 17.0. The number of nitrogens with zero attached hydrogens (tertiary/aromatic N) is 2. The Bertz CT molecular complexity index is 1110. The number of benzene rings is 2. The number of aromatic nitrogens is 2. The van der Waals surface area contributed by atoms with Gasteiger partial charge in [0.1, 0.15) is 5.58 Å². The Hall–Kier alpha value is -2.83. The Balaban J connectivity index is 1.49. The van der Waals surface area contributed by atoms with Gasteiger partial charge in [0.15, 0.2) is 10.9 Å². The molecule has 0 atom stereocenters. The highest BCUT2D eigenvalue weighted by Crippen LogP contribution is 2.31. The average molecular weight is 424 g/mol. The van der Waals surface area contributed by atoms with E-state index in [0.29, 0.717) is 40.2 Å². The lowest BCUT2D eigenvalue weighted by atomic mass is 10.1. The Morgan fingerprint density at radius 2 is 1.79 bits per heavy atom. The van der Waals surface area contributed by atoms with Crippen LogP contribution in [0.4, 0.5) is 0 Å². The summed E-state index contributed by atoms with van der Waals surface area (Å²) in [7, 11) is 0. The molecule has 0 saturated carbocycles. The second-order valence-corrected chi connectivity index (χ2v) is 7.74. The van der Waals surface area contributed by atoms with Gasteiger partial charge in [0.05, 0.1) is 0 Å². The topological polar surface area (TPSA) is 68.0 Å². The lowest BCUT2D eigenvalue weighted by molar-refractivity contribution is 0.0927. The van der Waals surface area contributed by atoms with E-state index < -0.39 is 0 Å². The van der Waals surface area contributed by atoms with Gasteiger partial charge in [-0.25, -0.2) is 9.97 Å². The number of fused-ring (bicyclic) bond motifs is 1. The molecule has 0 saturated heterocycles. The van der Waals surface area contributed by atoms with Crippen molar-refractivity contribution >= 4 is 40.2 Å². The third-order valence-corrected chi connectivity index (χ3v) is 5.56. The Morgan fingerprint density at radius 3 is 2.59 bits per heavy atom. The van der Waals surface area contributed by atoms with E-state index in [0.717, 1.165) is 16.5 Å². The fourth-order valence-corrected chi connectivity index (χ4v) is 3.93. The number of rotatable bonds is 7. The van der Waals surface area contributed by atoms with Crippen molar-refractivity contribution < 1.29 is 9.21 Å². The Morgan fingerprint density at radius 1 is 1.03 bits per heavy atom. The number of halogens is 1. The predicted molar refractivity (Wildman–Crippen MR) is 115 cm³/mol. The molecular formula is C22H18ClN3O2S. The van der Waals surface area contributed by atoms with Gasteiger partial charge in [0, 0.05) is 40.7 Å². The van der Waals surface area contributed by atoms with E-state index in [1.165, 1.54) is 11.8 Å². The second-order valence-electron chi connectivity index (χ2n) is 6.36. The number of carbonyl (C=O) groups is 1. The highest BCUT2D eigenvalue weighted by atomic mass is 35.5. The molecule has 0 unspecified atom stereocenters. The number of furan rings is 1. The molecule has 2 aromatic carbocycles. The van der Waals surface area contributed by atoms with Gasteiger partial charge >= 0.3 is 0 Å². The summed E-state index contributed by atoms with van der Waals surface area (Å²) < 4.78 is 5.88. The maximum absolute atomic E-state index is 12.8. The summed E-state index contributed by atoms with van der Waals surface area (Å²) in [5.41, 5.74) is 2.65. The van der Waals surface area contributed by atoms with Crippen LogP contribution in [-0.4, -0.2) is 22.4 Å². The van der Waals surface area contributed by atoms with E-state index in [1.807, 2.05) is 48.5 Å². The van der Waals surface area contributed by atoms with Crippen molar-refractivity contribution in [2.75, 3.05) is 6.54 Å². The van der Waals surface area contributed by atoms with Crippen LogP contribution >= 0.6 is 23.4 Å². The number of carbonyl (C=O) groups excluding carboxylic acids is 1. The van der Waals surface area contributed by atoms with Crippen molar-refractivity contribution in [3.63, 3.8) is 0 Å². The van der Waals surface area contributed by atoms with Gasteiger partial charge in [-0.05, 0) is 36.2 Å². The third-order valence-electron chi connectivity index (χ3n) is 4.40. The van der Waals surface area contributed by atoms with E-state index in [-0.39, 0.29) is 5.91 Å². The van der Waals surface area contributed by atoms with Crippen molar-refractivity contribution in [1.82, 2.24) is 15.3 Å². The first-order valence-electron chi connectivity index (χ1n) is 9.13. The summed E-state index contributed by atoms with van der Waals surface area (Å²) in [4.78, 5) is 21.3. The first-order valence-corrected chi connectivity index (χ1v) is 10.5. The first-order chi connectivity index (χ1) is 14.2. The van der Waals surface area contributed by atoms with Crippen LogP contribution in [0.3, 0.4) is 0 Å². The molecule has 0 aliphatic rings. The van der Waals surface area contributed by atoms with Crippen molar-refractivity contribution in [3.8, 4) is 0 Å². The van der Waals surface area contributed by atoms with Gasteiger partial charge in [-0.15, -0.1) is 0 Å². The fourth-order valence-electron chi connectivity index (χ4n) is 2.97. The molecule has 0 bridgehead atoms. The number of hydrogen-bond donors (Lipinski definition) is 1. The number of thioether (sulfide) groups is 1. The van der Waals surface area contributed by atoms with Crippen LogP contribution in [0.5, 0.6) is 0 Å². The minimum absolute atomic E-state index is 0.222. The van der Waals surface area contributed by atoms with Crippen LogP contribution in [0.15, 0.2) is 76.6 Å². The molecule has 5 nitrogen and oxygen atoms in total. The van der Waals surface area contributed by atoms with Gasteiger partial charge in [-0.1, -0.05) is 53.7 Å². The summed E-state index contributed by atoms with van der Waals surface area (Å²) in [5.74, 6) is 0.659. The zero-order chi connectivity index (χ0) is 20.1. The molecule has 2 heterocycles. The van der Waals surface area contributed by atoms with Crippen molar-refractivity contribution in [2.24, 2.45) is 0 Å². The van der Waals surface area contributed by atoms with E-state index in [4.69, 9.17) is 16.0 Å². The monoisotopic (exact) mass is 423 g/mol. The van der Waals surface area contributed by atoms with Crippen molar-refractivity contribution in [2.45, 2.75) is 17.3 Å². The molecule has 1 N–H and O–H groups in total. The number of amides is 1. The smallest absolute Gasteiger partial charge is 0.287 e. The van der Waals surface area contributed by atoms with E-state index >= 15 is 0 Å². The highest BCUT2D eigenvalue weighted by Gasteiger charge is 2.20. The molecule has 0 fully saturated rings. The summed E-state index contributed by atoms with van der Waals surface area (Å²) in [6.45, 7) is 0.506. The molecule has 0 aliphatic carbocycles. The van der Waals surface area contributed by atoms with Crippen molar-refractivity contribution in [3.05, 3.63) is 88.9 Å². The van der Waals surface area contributed by atoms with Gasteiger partial charge in [-0.3, -0.25) is 4.79 Å². The Kier molecular flexibility index (Phi) is 6.12. The summed E-state index contributed by atoms with van der Waals surface area (Å²) in [6.07, 6.45) is 4.12. The molecular weight excluding hydrogens is 406 g/mol. The molecule has 29 heavy (non-hydrogen) atoms. The normalized spacial score (nSPS) is 10.9. The molecule has 0 spiro atoms. The zero-order valence-electron chi connectivity index (χ0n) is 15.5. The van der Waals surface area contributed by atoms with Crippen LogP contribution in [-0.2, 0) is 12.2 Å². The SMILES string of the molecule is O=C(NCCc1ccc(Cl)cc1)c1oc2ccccc2c1CSc1ncccn1. The highest BCUT2D eigenvalue weighted by molar-refractivity contribution is 7.98. The molecule has 0 radical (unpaired) electrons. The largest absolute Gasteiger partial charge is 0.451 e. The minimum atomic E-state index is -0.222. The fraction of sp³-hybridized carbons (Fsp3) is 0.136. The summed E-state index contributed by atoms with van der Waals surface area (Å²) in [5, 5.41) is 5.24. The molecule has 1 amide bonds. The van der Waals surface area contributed by atoms with Gasteiger partial charge in [0.25, 0.3) is 5.91 Å². The first kappa shape index (κ1) is 19.5. The van der Waals surface area contributed by atoms with Gasteiger partial charge in [0.2, 0.25) is 0 Å². The molecule has 4 aromatic rings. The standard InChI is InChI=1S/C22H18ClN3O2S/c23-16-8-6-15(7-9-16)10-13-24-21(27)20-18(14-29-22-25-11-3-12-26-22)17-4-1-2-5-19(17)28-20/h1-9,11-12H,10,13-14H2,(H,24,27). The van der Waals surface area contributed by atoms with E-state index in [2.05, 4.69) is 15.3 Å². The second kappa shape index (κ2) is 9.11. The maximum Gasteiger partial charge on any atom is 0.287 e. The molecule has 4 rings (SSSR count). The van der Waals surface area contributed by atoms with E-state index in [1.54, 1.807) is 18.5 Å². The number of hydrogen-bond acceptors (Lipinski definition) is 5. The number of para-hydroxylation sites is 1. The summed E-state index contributed by atoms with van der Waals surface area (Å²) >= 11 is 7.39. The third kappa shape index (κ3) is 4.78. The van der Waals surface area contributed by atoms with Crippen molar-refractivity contribution in [1.29, 1.82) is 0 Å². The number of nitrogens with one attached hydrogen (secondary N) is 1. The molecule has 2 aromatic heterocycles. The van der Waals surface area contributed by atoms with Crippen LogP contribution < -0.4 is 5.32 Å². The lowest BCUT2D eigenvalue weighted by Gasteiger charge is -2.06. The minimum Gasteiger partial charge on any atom is -0.451 e. The van der Waals surface area contributed by atoms with Gasteiger partial charge < -0.3 is 9.73 Å². The maximum atomic E-state index is 12.8. The molecule has 0 aliphatic heterocycles. The van der Waals surface area contributed by atoms with Crippen LogP contribution in [0, 0.1) is 0 Å². The Labute approximate surface area is 177 Å². The molecule has 7 heteroatoms. The van der Waals surface area contributed by atoms with Gasteiger partial charge in [-0.2, -0.15) is 0 Å². The quantitative estimate of drug-likeness (QED) is 0.329.